The van der Waals surface area contributed by atoms with Crippen molar-refractivity contribution in [2.24, 2.45) is 5.16 Å². The summed E-state index contributed by atoms with van der Waals surface area (Å²) in [5.41, 5.74) is 0.834. The van der Waals surface area contributed by atoms with E-state index in [1.807, 2.05) is 36.4 Å². The van der Waals surface area contributed by atoms with Gasteiger partial charge in [-0.1, -0.05) is 61.7 Å². The number of nitrogens with zero attached hydrogens (tertiary/aromatic N) is 1. The minimum absolute atomic E-state index is 0.699. The van der Waals surface area contributed by atoms with Gasteiger partial charge >= 0.3 is 0 Å². The Labute approximate surface area is 119 Å². The molecule has 0 aliphatic carbocycles. The van der Waals surface area contributed by atoms with Crippen LogP contribution >= 0.6 is 0 Å². The molecule has 20 heavy (non-hydrogen) atoms. The molecule has 0 fully saturated rings. The number of rotatable bonds is 7. The molecule has 0 spiro atoms. The van der Waals surface area contributed by atoms with Crippen molar-refractivity contribution in [1.82, 2.24) is 0 Å². The fourth-order valence-corrected chi connectivity index (χ4v) is 2.30. The molecule has 2 aromatic rings. The van der Waals surface area contributed by atoms with Gasteiger partial charge in [0.2, 0.25) is 0 Å². The van der Waals surface area contributed by atoms with Gasteiger partial charge in [0.05, 0.1) is 12.8 Å². The van der Waals surface area contributed by atoms with Crippen molar-refractivity contribution in [3.63, 3.8) is 0 Å². The van der Waals surface area contributed by atoms with Crippen LogP contribution in [-0.2, 0) is 0 Å². The highest BCUT2D eigenvalue weighted by Crippen LogP contribution is 2.26. The van der Waals surface area contributed by atoms with Crippen molar-refractivity contribution in [3.8, 4) is 5.75 Å². The average molecular weight is 271 g/mol. The van der Waals surface area contributed by atoms with Crippen LogP contribution in [0, 0.1) is 0 Å². The minimum atomic E-state index is 0.699. The van der Waals surface area contributed by atoms with Crippen LogP contribution in [0.15, 0.2) is 41.6 Å². The third-order valence-corrected chi connectivity index (χ3v) is 3.37. The predicted molar refractivity (Wildman–Crippen MR) is 83.0 cm³/mol. The molecule has 3 nitrogen and oxygen atoms in total. The quantitative estimate of drug-likeness (QED) is 0.346. The lowest BCUT2D eigenvalue weighted by Crippen LogP contribution is -2.00. The number of hydrogen-bond acceptors (Lipinski definition) is 3. The molecule has 0 aliphatic rings. The summed E-state index contributed by atoms with van der Waals surface area (Å²) in [5.74, 6) is 0.776. The molecule has 0 atom stereocenters. The number of hydrogen-bond donors (Lipinski definition) is 1. The second-order valence-electron chi connectivity index (χ2n) is 4.85. The number of unbranched alkanes of at least 4 members (excludes halogenated alkanes) is 3. The molecular formula is C17H21NO2. The number of ether oxygens (including phenoxy) is 1. The van der Waals surface area contributed by atoms with Gasteiger partial charge in [-0.3, -0.25) is 0 Å². The molecule has 2 rings (SSSR count). The van der Waals surface area contributed by atoms with E-state index in [1.165, 1.54) is 25.5 Å². The molecule has 0 heterocycles. The first-order chi connectivity index (χ1) is 9.86. The van der Waals surface area contributed by atoms with Crippen molar-refractivity contribution < 1.29 is 9.94 Å². The lowest BCUT2D eigenvalue weighted by molar-refractivity contribution is 0.303. The SMILES string of the molecule is CCCCCCOc1ccc2ccccc2c1C=NO. The fraction of sp³-hybridized carbons (Fsp3) is 0.353. The van der Waals surface area contributed by atoms with E-state index in [9.17, 15) is 0 Å². The van der Waals surface area contributed by atoms with Gasteiger partial charge in [-0.25, -0.2) is 0 Å². The molecule has 0 bridgehead atoms. The molecule has 0 unspecified atom stereocenters. The van der Waals surface area contributed by atoms with Gasteiger partial charge < -0.3 is 9.94 Å². The Morgan fingerprint density at radius 3 is 2.75 bits per heavy atom. The standard InChI is InChI=1S/C17H21NO2/c1-2-3-4-7-12-20-17-11-10-14-8-5-6-9-15(14)16(17)13-18-19/h5-6,8-11,13,19H,2-4,7,12H2,1H3. The van der Waals surface area contributed by atoms with E-state index >= 15 is 0 Å². The summed E-state index contributed by atoms with van der Waals surface area (Å²) >= 11 is 0. The monoisotopic (exact) mass is 271 g/mol. The summed E-state index contributed by atoms with van der Waals surface area (Å²) in [6.45, 7) is 2.89. The zero-order valence-corrected chi connectivity index (χ0v) is 11.9. The largest absolute Gasteiger partial charge is 0.493 e. The van der Waals surface area contributed by atoms with Crippen LogP contribution in [0.2, 0.25) is 0 Å². The van der Waals surface area contributed by atoms with Crippen molar-refractivity contribution in [2.45, 2.75) is 32.6 Å². The van der Waals surface area contributed by atoms with Gasteiger partial charge in [0.25, 0.3) is 0 Å². The zero-order chi connectivity index (χ0) is 14.2. The molecule has 0 radical (unpaired) electrons. The molecule has 106 valence electrons. The van der Waals surface area contributed by atoms with Crippen LogP contribution in [0.4, 0.5) is 0 Å². The second kappa shape index (κ2) is 7.53. The Bertz CT molecular complexity index is 578. The predicted octanol–water partition coefficient (Wildman–Crippen LogP) is 4.61. The summed E-state index contributed by atoms with van der Waals surface area (Å²) in [5, 5.41) is 14.2. The number of oxime groups is 1. The third-order valence-electron chi connectivity index (χ3n) is 3.37. The maximum absolute atomic E-state index is 8.86. The average Bonchev–Trinajstić information content (AvgIpc) is 2.49. The van der Waals surface area contributed by atoms with Crippen LogP contribution in [0.1, 0.15) is 38.2 Å². The maximum atomic E-state index is 8.86. The smallest absolute Gasteiger partial charge is 0.128 e. The number of fused-ring (bicyclic) bond motifs is 1. The van der Waals surface area contributed by atoms with Gasteiger partial charge in [-0.2, -0.15) is 0 Å². The van der Waals surface area contributed by atoms with Crippen LogP contribution in [-0.4, -0.2) is 18.0 Å². The van der Waals surface area contributed by atoms with Crippen molar-refractivity contribution in [3.05, 3.63) is 42.0 Å². The van der Waals surface area contributed by atoms with E-state index in [2.05, 4.69) is 12.1 Å². The van der Waals surface area contributed by atoms with Gasteiger partial charge in [-0.15, -0.1) is 0 Å². The summed E-state index contributed by atoms with van der Waals surface area (Å²) in [7, 11) is 0. The lowest BCUT2D eigenvalue weighted by atomic mass is 10.0. The number of benzene rings is 2. The molecule has 3 heteroatoms. The Morgan fingerprint density at radius 1 is 1.10 bits per heavy atom. The van der Waals surface area contributed by atoms with E-state index in [0.29, 0.717) is 6.61 Å². The molecule has 0 amide bonds. The molecule has 0 saturated heterocycles. The van der Waals surface area contributed by atoms with Crippen LogP contribution in [0.25, 0.3) is 10.8 Å². The van der Waals surface area contributed by atoms with Crippen molar-refractivity contribution >= 4 is 17.0 Å². The topological polar surface area (TPSA) is 41.8 Å². The summed E-state index contributed by atoms with van der Waals surface area (Å²) in [6, 6.07) is 12.0. The summed E-state index contributed by atoms with van der Waals surface area (Å²) in [4.78, 5) is 0. The molecule has 2 aromatic carbocycles. The van der Waals surface area contributed by atoms with Crippen LogP contribution in [0.3, 0.4) is 0 Å². The van der Waals surface area contributed by atoms with Crippen molar-refractivity contribution in [2.75, 3.05) is 6.61 Å². The maximum Gasteiger partial charge on any atom is 0.128 e. The molecule has 1 N–H and O–H groups in total. The van der Waals surface area contributed by atoms with E-state index in [4.69, 9.17) is 9.94 Å². The fourth-order valence-electron chi connectivity index (χ4n) is 2.30. The Balaban J connectivity index is 2.17. The first-order valence-corrected chi connectivity index (χ1v) is 7.18. The van der Waals surface area contributed by atoms with Gasteiger partial charge in [0.1, 0.15) is 5.75 Å². The zero-order valence-electron chi connectivity index (χ0n) is 11.9. The van der Waals surface area contributed by atoms with Crippen LogP contribution < -0.4 is 4.74 Å². The minimum Gasteiger partial charge on any atom is -0.493 e. The Morgan fingerprint density at radius 2 is 1.95 bits per heavy atom. The second-order valence-corrected chi connectivity index (χ2v) is 4.85. The molecule has 0 aliphatic heterocycles. The van der Waals surface area contributed by atoms with Crippen LogP contribution in [0.5, 0.6) is 5.75 Å². The first kappa shape index (κ1) is 14.4. The Kier molecular flexibility index (Phi) is 5.42. The van der Waals surface area contributed by atoms with Gasteiger partial charge in [0, 0.05) is 5.56 Å². The summed E-state index contributed by atoms with van der Waals surface area (Å²) in [6.07, 6.45) is 6.15. The van der Waals surface area contributed by atoms with Gasteiger partial charge in [0.15, 0.2) is 0 Å². The molecular weight excluding hydrogens is 250 g/mol. The van der Waals surface area contributed by atoms with E-state index < -0.39 is 0 Å². The highest BCUT2D eigenvalue weighted by atomic mass is 16.5. The van der Waals surface area contributed by atoms with Crippen molar-refractivity contribution in [1.29, 1.82) is 0 Å². The molecule has 0 saturated carbocycles. The summed E-state index contributed by atoms with van der Waals surface area (Å²) < 4.78 is 5.84. The Hall–Kier alpha value is -2.03. The highest BCUT2D eigenvalue weighted by molar-refractivity contribution is 6.02. The lowest BCUT2D eigenvalue weighted by Gasteiger charge is -2.11. The van der Waals surface area contributed by atoms with E-state index in [1.54, 1.807) is 0 Å². The van der Waals surface area contributed by atoms with E-state index in [-0.39, 0.29) is 0 Å². The molecule has 0 aromatic heterocycles. The highest BCUT2D eigenvalue weighted by Gasteiger charge is 2.07. The van der Waals surface area contributed by atoms with E-state index in [0.717, 1.165) is 28.5 Å². The first-order valence-electron chi connectivity index (χ1n) is 7.18. The van der Waals surface area contributed by atoms with Gasteiger partial charge in [-0.05, 0) is 23.3 Å². The normalized spacial score (nSPS) is 11.2. The third kappa shape index (κ3) is 3.50.